The van der Waals surface area contributed by atoms with Crippen LogP contribution in [0.25, 0.3) is 0 Å². The summed E-state index contributed by atoms with van der Waals surface area (Å²) in [6.45, 7) is 2.87. The van der Waals surface area contributed by atoms with Crippen LogP contribution in [0, 0.1) is 6.92 Å². The Morgan fingerprint density at radius 3 is 3.05 bits per heavy atom. The standard InChI is InChI=1S/C14H15N5O3/c1-9-17-10(6-13(20)18-9)12-8-19(4-5-22-12)14(21)11-7-15-2-3-16-11/h2-3,6-7,12H,4-5,8H2,1H3,(H,17,18,20). The van der Waals surface area contributed by atoms with Crippen LogP contribution in [-0.2, 0) is 4.74 Å². The molecule has 1 unspecified atom stereocenters. The molecule has 2 aromatic rings. The van der Waals surface area contributed by atoms with E-state index in [4.69, 9.17) is 4.74 Å². The lowest BCUT2D eigenvalue weighted by atomic mass is 10.2. The number of nitrogens with zero attached hydrogens (tertiary/aromatic N) is 4. The molecule has 22 heavy (non-hydrogen) atoms. The maximum Gasteiger partial charge on any atom is 0.274 e. The van der Waals surface area contributed by atoms with Crippen LogP contribution in [0.1, 0.15) is 28.1 Å². The van der Waals surface area contributed by atoms with Gasteiger partial charge in [0.15, 0.2) is 0 Å². The number of nitrogens with one attached hydrogen (secondary N) is 1. The predicted molar refractivity (Wildman–Crippen MR) is 76.2 cm³/mol. The quantitative estimate of drug-likeness (QED) is 0.843. The lowest BCUT2D eigenvalue weighted by Gasteiger charge is -2.32. The van der Waals surface area contributed by atoms with Crippen molar-refractivity contribution in [2.75, 3.05) is 19.7 Å². The third-order valence-corrected chi connectivity index (χ3v) is 3.35. The maximum absolute atomic E-state index is 12.4. The van der Waals surface area contributed by atoms with E-state index in [-0.39, 0.29) is 17.2 Å². The van der Waals surface area contributed by atoms with Crippen LogP contribution in [0.2, 0.25) is 0 Å². The topological polar surface area (TPSA) is 101 Å². The second kappa shape index (κ2) is 6.02. The Morgan fingerprint density at radius 2 is 2.32 bits per heavy atom. The molecule has 8 nitrogen and oxygen atoms in total. The summed E-state index contributed by atoms with van der Waals surface area (Å²) in [5.74, 6) is 0.312. The highest BCUT2D eigenvalue weighted by atomic mass is 16.5. The number of morpholine rings is 1. The van der Waals surface area contributed by atoms with Crippen molar-refractivity contribution in [3.63, 3.8) is 0 Å². The van der Waals surface area contributed by atoms with E-state index < -0.39 is 6.10 Å². The number of carbonyl (C=O) groups is 1. The number of carbonyl (C=O) groups excluding carboxylic acids is 1. The van der Waals surface area contributed by atoms with Gasteiger partial charge in [-0.3, -0.25) is 14.6 Å². The number of rotatable bonds is 2. The van der Waals surface area contributed by atoms with Gasteiger partial charge in [-0.25, -0.2) is 9.97 Å². The largest absolute Gasteiger partial charge is 0.368 e. The molecule has 2 aromatic heterocycles. The van der Waals surface area contributed by atoms with Gasteiger partial charge in [-0.15, -0.1) is 0 Å². The Morgan fingerprint density at radius 1 is 1.45 bits per heavy atom. The summed E-state index contributed by atoms with van der Waals surface area (Å²) in [5.41, 5.74) is 0.583. The molecule has 0 aliphatic carbocycles. The predicted octanol–water partition coefficient (Wildman–Crippen LogP) is 0.0820. The van der Waals surface area contributed by atoms with E-state index in [1.165, 1.54) is 24.7 Å². The summed E-state index contributed by atoms with van der Waals surface area (Å²) in [6, 6.07) is 1.40. The molecule has 0 spiro atoms. The number of aromatic nitrogens is 4. The second-order valence-electron chi connectivity index (χ2n) is 4.96. The lowest BCUT2D eigenvalue weighted by Crippen LogP contribution is -2.43. The van der Waals surface area contributed by atoms with Crippen LogP contribution in [0.5, 0.6) is 0 Å². The minimum absolute atomic E-state index is 0.206. The Balaban J connectivity index is 1.79. The molecule has 0 aromatic carbocycles. The maximum atomic E-state index is 12.4. The summed E-state index contributed by atoms with van der Waals surface area (Å²) >= 11 is 0. The monoisotopic (exact) mass is 301 g/mol. The number of hydrogen-bond donors (Lipinski definition) is 1. The van der Waals surface area contributed by atoms with Crippen molar-refractivity contribution in [1.29, 1.82) is 0 Å². The van der Waals surface area contributed by atoms with Crippen molar-refractivity contribution < 1.29 is 9.53 Å². The molecule has 8 heteroatoms. The molecule has 1 saturated heterocycles. The smallest absolute Gasteiger partial charge is 0.274 e. The molecule has 1 aliphatic rings. The van der Waals surface area contributed by atoms with Crippen LogP contribution in [-0.4, -0.2) is 50.4 Å². The minimum Gasteiger partial charge on any atom is -0.368 e. The first-order chi connectivity index (χ1) is 10.6. The molecule has 3 rings (SSSR count). The van der Waals surface area contributed by atoms with Gasteiger partial charge >= 0.3 is 0 Å². The fraction of sp³-hybridized carbons (Fsp3) is 0.357. The third kappa shape index (κ3) is 3.01. The first-order valence-corrected chi connectivity index (χ1v) is 6.88. The Kier molecular flexibility index (Phi) is 3.92. The molecule has 1 amide bonds. The summed E-state index contributed by atoms with van der Waals surface area (Å²) in [7, 11) is 0. The van der Waals surface area contributed by atoms with Gasteiger partial charge < -0.3 is 14.6 Å². The third-order valence-electron chi connectivity index (χ3n) is 3.35. The van der Waals surface area contributed by atoms with Crippen molar-refractivity contribution in [1.82, 2.24) is 24.8 Å². The average molecular weight is 301 g/mol. The normalized spacial score (nSPS) is 18.2. The van der Waals surface area contributed by atoms with Gasteiger partial charge in [0.2, 0.25) is 0 Å². The van der Waals surface area contributed by atoms with Crippen LogP contribution in [0.4, 0.5) is 0 Å². The fourth-order valence-electron chi connectivity index (χ4n) is 2.35. The zero-order valence-electron chi connectivity index (χ0n) is 12.0. The van der Waals surface area contributed by atoms with E-state index in [1.54, 1.807) is 11.8 Å². The summed E-state index contributed by atoms with van der Waals surface area (Å²) in [5, 5.41) is 0. The Hall–Kier alpha value is -2.61. The van der Waals surface area contributed by atoms with Crippen LogP contribution in [0.15, 0.2) is 29.5 Å². The molecule has 1 fully saturated rings. The van der Waals surface area contributed by atoms with Gasteiger partial charge in [-0.05, 0) is 6.92 Å². The summed E-state index contributed by atoms with van der Waals surface area (Å²) in [4.78, 5) is 40.3. The number of hydrogen-bond acceptors (Lipinski definition) is 6. The van der Waals surface area contributed by atoms with Crippen molar-refractivity contribution >= 4 is 5.91 Å². The number of aromatic amines is 1. The van der Waals surface area contributed by atoms with Gasteiger partial charge in [0.25, 0.3) is 11.5 Å². The van der Waals surface area contributed by atoms with Gasteiger partial charge in [-0.2, -0.15) is 0 Å². The van der Waals surface area contributed by atoms with Gasteiger partial charge in [-0.1, -0.05) is 0 Å². The van der Waals surface area contributed by atoms with Crippen molar-refractivity contribution in [3.8, 4) is 0 Å². The van der Waals surface area contributed by atoms with Crippen molar-refractivity contribution in [2.24, 2.45) is 0 Å². The molecule has 1 aliphatic heterocycles. The van der Waals surface area contributed by atoms with Crippen LogP contribution >= 0.6 is 0 Å². The fourth-order valence-corrected chi connectivity index (χ4v) is 2.35. The summed E-state index contributed by atoms with van der Waals surface area (Å²) in [6.07, 6.45) is 4.01. The van der Waals surface area contributed by atoms with E-state index in [0.717, 1.165) is 0 Å². The Bertz CT molecular complexity index is 731. The SMILES string of the molecule is Cc1nc(C2CN(C(=O)c3cnccn3)CCO2)cc(=O)[nH]1. The molecule has 3 heterocycles. The highest BCUT2D eigenvalue weighted by Crippen LogP contribution is 2.20. The van der Waals surface area contributed by atoms with E-state index >= 15 is 0 Å². The van der Waals surface area contributed by atoms with Crippen molar-refractivity contribution in [2.45, 2.75) is 13.0 Å². The van der Waals surface area contributed by atoms with Gasteiger partial charge in [0, 0.05) is 25.0 Å². The molecule has 1 atom stereocenters. The van der Waals surface area contributed by atoms with Gasteiger partial charge in [0.1, 0.15) is 17.6 Å². The number of H-pyrrole nitrogens is 1. The number of ether oxygens (including phenoxy) is 1. The Labute approximate surface area is 126 Å². The zero-order valence-corrected chi connectivity index (χ0v) is 12.0. The number of amides is 1. The molecule has 0 radical (unpaired) electrons. The minimum atomic E-state index is -0.421. The highest BCUT2D eigenvalue weighted by molar-refractivity contribution is 5.92. The molecular formula is C14H15N5O3. The van der Waals surface area contributed by atoms with E-state index in [2.05, 4.69) is 19.9 Å². The van der Waals surface area contributed by atoms with E-state index in [1.807, 2.05) is 0 Å². The number of aryl methyl sites for hydroxylation is 1. The molecule has 0 bridgehead atoms. The molecule has 0 saturated carbocycles. The first-order valence-electron chi connectivity index (χ1n) is 6.88. The van der Waals surface area contributed by atoms with E-state index in [0.29, 0.717) is 31.2 Å². The molecule has 114 valence electrons. The molecular weight excluding hydrogens is 286 g/mol. The lowest BCUT2D eigenvalue weighted by molar-refractivity contribution is -0.0251. The van der Waals surface area contributed by atoms with E-state index in [9.17, 15) is 9.59 Å². The molecule has 1 N–H and O–H groups in total. The van der Waals surface area contributed by atoms with Crippen LogP contribution in [0.3, 0.4) is 0 Å². The summed E-state index contributed by atoms with van der Waals surface area (Å²) < 4.78 is 5.65. The second-order valence-corrected chi connectivity index (χ2v) is 4.96. The highest BCUT2D eigenvalue weighted by Gasteiger charge is 2.28. The van der Waals surface area contributed by atoms with Gasteiger partial charge in [0.05, 0.1) is 25.0 Å². The zero-order chi connectivity index (χ0) is 15.5. The average Bonchev–Trinajstić information content (AvgIpc) is 2.54. The van der Waals surface area contributed by atoms with Crippen molar-refractivity contribution in [3.05, 3.63) is 52.2 Å². The first kappa shape index (κ1) is 14.3. The van der Waals surface area contributed by atoms with Crippen LogP contribution < -0.4 is 5.56 Å².